The van der Waals surface area contributed by atoms with Crippen LogP contribution in [0.5, 0.6) is 11.5 Å². The van der Waals surface area contributed by atoms with Crippen LogP contribution in [0.4, 0.5) is 4.39 Å². The summed E-state index contributed by atoms with van der Waals surface area (Å²) in [5.74, 6) is 0.592. The topological polar surface area (TPSA) is 69.0 Å². The van der Waals surface area contributed by atoms with Gasteiger partial charge in [0.15, 0.2) is 22.9 Å². The van der Waals surface area contributed by atoms with E-state index >= 15 is 0 Å². The van der Waals surface area contributed by atoms with Crippen molar-refractivity contribution in [2.45, 2.75) is 31.8 Å². The molecule has 0 aliphatic carbocycles. The molecular weight excluding hydrogens is 401 g/mol. The third-order valence-corrected chi connectivity index (χ3v) is 6.37. The number of amides is 1. The van der Waals surface area contributed by atoms with Crippen molar-refractivity contribution in [1.29, 1.82) is 0 Å². The quantitative estimate of drug-likeness (QED) is 0.606. The summed E-state index contributed by atoms with van der Waals surface area (Å²) in [6.07, 6.45) is 1.33. The van der Waals surface area contributed by atoms with E-state index in [0.717, 1.165) is 0 Å². The van der Waals surface area contributed by atoms with Crippen LogP contribution in [-0.4, -0.2) is 42.4 Å². The number of likely N-dealkylation sites (tertiary alicyclic amines) is 1. The molecule has 0 saturated carbocycles. The number of carbonyl (C=O) groups is 2. The molecule has 2 aromatic carbocycles. The minimum absolute atomic E-state index is 0.0345. The van der Waals surface area contributed by atoms with E-state index in [9.17, 15) is 14.0 Å². The van der Waals surface area contributed by atoms with Crippen LogP contribution in [0.25, 0.3) is 11.0 Å². The van der Waals surface area contributed by atoms with Gasteiger partial charge in [0, 0.05) is 42.9 Å². The average Bonchev–Trinajstić information content (AvgIpc) is 3.11. The molecule has 0 atom stereocenters. The SMILES string of the molecule is COc1ccc2c(c1)OC1(CCN(C(=O)c3oc4c(F)cccc4c3C)CC1)CC2=O. The maximum atomic E-state index is 14.1. The summed E-state index contributed by atoms with van der Waals surface area (Å²) < 4.78 is 31.2. The highest BCUT2D eigenvalue weighted by Crippen LogP contribution is 2.41. The smallest absolute Gasteiger partial charge is 0.289 e. The number of rotatable bonds is 2. The maximum Gasteiger partial charge on any atom is 0.289 e. The predicted molar refractivity (Wildman–Crippen MR) is 111 cm³/mol. The molecule has 1 fully saturated rings. The number of benzene rings is 2. The molecule has 5 rings (SSSR count). The summed E-state index contributed by atoms with van der Waals surface area (Å²) in [5.41, 5.74) is 0.653. The maximum absolute atomic E-state index is 14.1. The van der Waals surface area contributed by atoms with Gasteiger partial charge in [0.05, 0.1) is 19.1 Å². The van der Waals surface area contributed by atoms with Gasteiger partial charge in [-0.15, -0.1) is 0 Å². The Kier molecular flexibility index (Phi) is 4.50. The third kappa shape index (κ3) is 3.15. The van der Waals surface area contributed by atoms with Gasteiger partial charge < -0.3 is 18.8 Å². The number of carbonyl (C=O) groups excluding carboxylic acids is 2. The van der Waals surface area contributed by atoms with Gasteiger partial charge >= 0.3 is 0 Å². The number of aryl methyl sites for hydroxylation is 1. The van der Waals surface area contributed by atoms with E-state index in [1.54, 1.807) is 49.3 Å². The lowest BCUT2D eigenvalue weighted by Crippen LogP contribution is -2.52. The van der Waals surface area contributed by atoms with Crippen molar-refractivity contribution in [2.75, 3.05) is 20.2 Å². The van der Waals surface area contributed by atoms with Crippen LogP contribution in [0.2, 0.25) is 0 Å². The normalized spacial score (nSPS) is 17.5. The molecule has 0 radical (unpaired) electrons. The summed E-state index contributed by atoms with van der Waals surface area (Å²) in [6.45, 7) is 2.60. The lowest BCUT2D eigenvalue weighted by atomic mass is 9.82. The fourth-order valence-corrected chi connectivity index (χ4v) is 4.55. The largest absolute Gasteiger partial charge is 0.497 e. The van der Waals surface area contributed by atoms with Gasteiger partial charge in [0.1, 0.15) is 17.1 Å². The number of hydrogen-bond acceptors (Lipinski definition) is 5. The number of halogens is 1. The number of methoxy groups -OCH3 is 1. The molecule has 0 N–H and O–H groups in total. The van der Waals surface area contributed by atoms with Crippen LogP contribution in [-0.2, 0) is 0 Å². The van der Waals surface area contributed by atoms with E-state index in [1.807, 2.05) is 0 Å². The molecule has 0 bridgehead atoms. The van der Waals surface area contributed by atoms with Gasteiger partial charge in [-0.05, 0) is 25.1 Å². The zero-order chi connectivity index (χ0) is 21.8. The second-order valence-electron chi connectivity index (χ2n) is 8.21. The molecule has 6 nitrogen and oxygen atoms in total. The Morgan fingerprint density at radius 1 is 1.19 bits per heavy atom. The predicted octanol–water partition coefficient (Wildman–Crippen LogP) is 4.53. The van der Waals surface area contributed by atoms with Crippen molar-refractivity contribution >= 4 is 22.7 Å². The molecule has 3 aromatic rings. The first-order valence-corrected chi connectivity index (χ1v) is 10.3. The number of nitrogens with zero attached hydrogens (tertiary/aromatic N) is 1. The molecule has 2 aliphatic heterocycles. The number of ketones is 1. The van der Waals surface area contributed by atoms with Crippen molar-refractivity contribution in [3.63, 3.8) is 0 Å². The Morgan fingerprint density at radius 2 is 1.97 bits per heavy atom. The van der Waals surface area contributed by atoms with Gasteiger partial charge in [-0.25, -0.2) is 4.39 Å². The minimum atomic E-state index is -0.637. The van der Waals surface area contributed by atoms with Crippen LogP contribution in [0, 0.1) is 12.7 Å². The van der Waals surface area contributed by atoms with Crippen molar-refractivity contribution in [3.8, 4) is 11.5 Å². The monoisotopic (exact) mass is 423 g/mol. The number of furan rings is 1. The average molecular weight is 423 g/mol. The van der Waals surface area contributed by atoms with Crippen LogP contribution in [0.1, 0.15) is 45.7 Å². The van der Waals surface area contributed by atoms with E-state index in [2.05, 4.69) is 0 Å². The minimum Gasteiger partial charge on any atom is -0.497 e. The second kappa shape index (κ2) is 7.11. The highest BCUT2D eigenvalue weighted by molar-refractivity contribution is 6.01. The molecule has 1 spiro atoms. The molecule has 7 heteroatoms. The Hall–Kier alpha value is -3.35. The van der Waals surface area contributed by atoms with E-state index in [0.29, 0.717) is 53.9 Å². The van der Waals surface area contributed by atoms with E-state index < -0.39 is 11.4 Å². The van der Waals surface area contributed by atoms with Crippen molar-refractivity contribution < 1.29 is 27.9 Å². The van der Waals surface area contributed by atoms with Crippen LogP contribution < -0.4 is 9.47 Å². The molecule has 2 aliphatic rings. The molecule has 31 heavy (non-hydrogen) atoms. The third-order valence-electron chi connectivity index (χ3n) is 6.37. The van der Waals surface area contributed by atoms with Gasteiger partial charge in [0.2, 0.25) is 0 Å². The highest BCUT2D eigenvalue weighted by atomic mass is 19.1. The number of para-hydroxylation sites is 1. The van der Waals surface area contributed by atoms with E-state index in [-0.39, 0.29) is 29.5 Å². The first-order valence-electron chi connectivity index (χ1n) is 10.3. The van der Waals surface area contributed by atoms with Gasteiger partial charge in [0.25, 0.3) is 5.91 Å². The summed E-state index contributed by atoms with van der Waals surface area (Å²) in [7, 11) is 1.57. The molecule has 160 valence electrons. The molecule has 3 heterocycles. The summed E-state index contributed by atoms with van der Waals surface area (Å²) in [5, 5.41) is 0.601. The second-order valence-corrected chi connectivity index (χ2v) is 8.21. The Morgan fingerprint density at radius 3 is 2.68 bits per heavy atom. The van der Waals surface area contributed by atoms with Crippen LogP contribution in [0.3, 0.4) is 0 Å². The van der Waals surface area contributed by atoms with Crippen molar-refractivity contribution in [3.05, 3.63) is 59.1 Å². The summed E-state index contributed by atoms with van der Waals surface area (Å²) in [6, 6.07) is 9.87. The molecule has 1 aromatic heterocycles. The fraction of sp³-hybridized carbons (Fsp3) is 0.333. The van der Waals surface area contributed by atoms with Crippen LogP contribution in [0.15, 0.2) is 40.8 Å². The zero-order valence-corrected chi connectivity index (χ0v) is 17.4. The summed E-state index contributed by atoms with van der Waals surface area (Å²) in [4.78, 5) is 27.5. The number of hydrogen-bond donors (Lipinski definition) is 0. The standard InChI is InChI=1S/C24H22FNO5/c1-14-16-4-3-5-18(25)22(16)30-21(14)23(28)26-10-8-24(9-11-26)13-19(27)17-7-6-15(29-2)12-20(17)31-24/h3-7,12H,8-11,13H2,1-2H3. The summed E-state index contributed by atoms with van der Waals surface area (Å²) >= 11 is 0. The highest BCUT2D eigenvalue weighted by Gasteiger charge is 2.44. The molecular formula is C24H22FNO5. The Balaban J connectivity index is 1.36. The van der Waals surface area contributed by atoms with Gasteiger partial charge in [-0.2, -0.15) is 0 Å². The van der Waals surface area contributed by atoms with E-state index in [4.69, 9.17) is 13.9 Å². The molecule has 1 amide bonds. The van der Waals surface area contributed by atoms with Crippen molar-refractivity contribution in [2.24, 2.45) is 0 Å². The van der Waals surface area contributed by atoms with Gasteiger partial charge in [-0.1, -0.05) is 12.1 Å². The first kappa shape index (κ1) is 19.6. The van der Waals surface area contributed by atoms with Gasteiger partial charge in [-0.3, -0.25) is 9.59 Å². The fourth-order valence-electron chi connectivity index (χ4n) is 4.55. The lowest BCUT2D eigenvalue weighted by Gasteiger charge is -2.43. The van der Waals surface area contributed by atoms with E-state index in [1.165, 1.54) is 6.07 Å². The van der Waals surface area contributed by atoms with Crippen molar-refractivity contribution in [1.82, 2.24) is 4.90 Å². The number of fused-ring (bicyclic) bond motifs is 2. The first-order chi connectivity index (χ1) is 14.9. The number of ether oxygens (including phenoxy) is 2. The van der Waals surface area contributed by atoms with Crippen LogP contribution >= 0.6 is 0 Å². The molecule has 1 saturated heterocycles. The number of piperidine rings is 1. The Labute approximate surface area is 178 Å². The molecule has 0 unspecified atom stereocenters. The number of Topliss-reactive ketones (excluding diaryl/α,β-unsaturated/α-hetero) is 1. The lowest BCUT2D eigenvalue weighted by molar-refractivity contribution is -0.00649. The zero-order valence-electron chi connectivity index (χ0n) is 17.4. The Bertz CT molecular complexity index is 1210.